The standard InChI is InChI=1S/C16H20BrFN2O/c1-2-20(13-8-11-4-5-12(9-13)19-11)16(21)10-3-6-14(17)15(18)7-10/h3,6-7,11-13,19H,2,4-5,8-9H2,1H3. The van der Waals surface area contributed by atoms with Crippen molar-refractivity contribution in [2.24, 2.45) is 0 Å². The van der Waals surface area contributed by atoms with Crippen molar-refractivity contribution in [2.75, 3.05) is 6.54 Å². The average molecular weight is 355 g/mol. The zero-order valence-corrected chi connectivity index (χ0v) is 13.7. The van der Waals surface area contributed by atoms with Crippen molar-refractivity contribution in [3.8, 4) is 0 Å². The first-order chi connectivity index (χ1) is 10.1. The summed E-state index contributed by atoms with van der Waals surface area (Å²) in [6, 6.07) is 5.96. The summed E-state index contributed by atoms with van der Waals surface area (Å²) in [6.07, 6.45) is 4.43. The quantitative estimate of drug-likeness (QED) is 0.902. The largest absolute Gasteiger partial charge is 0.336 e. The number of piperidine rings is 1. The monoisotopic (exact) mass is 354 g/mol. The molecule has 2 fully saturated rings. The fraction of sp³-hybridized carbons (Fsp3) is 0.562. The van der Waals surface area contributed by atoms with Gasteiger partial charge in [-0.05, 0) is 66.7 Å². The molecular weight excluding hydrogens is 335 g/mol. The van der Waals surface area contributed by atoms with Crippen molar-refractivity contribution in [1.82, 2.24) is 10.2 Å². The summed E-state index contributed by atoms with van der Waals surface area (Å²) in [5.41, 5.74) is 0.434. The smallest absolute Gasteiger partial charge is 0.254 e. The lowest BCUT2D eigenvalue weighted by Crippen LogP contribution is -2.50. The molecule has 2 bridgehead atoms. The lowest BCUT2D eigenvalue weighted by Gasteiger charge is -2.37. The molecule has 2 aliphatic rings. The van der Waals surface area contributed by atoms with Gasteiger partial charge in [0.15, 0.2) is 0 Å². The zero-order valence-electron chi connectivity index (χ0n) is 12.1. The molecule has 5 heteroatoms. The molecule has 0 aromatic heterocycles. The molecule has 0 spiro atoms. The topological polar surface area (TPSA) is 32.3 Å². The van der Waals surface area contributed by atoms with E-state index in [0.717, 1.165) is 12.8 Å². The molecule has 2 atom stereocenters. The van der Waals surface area contributed by atoms with Gasteiger partial charge in [-0.25, -0.2) is 4.39 Å². The Hall–Kier alpha value is -0.940. The molecule has 1 aromatic rings. The number of hydrogen-bond donors (Lipinski definition) is 1. The van der Waals surface area contributed by atoms with Crippen molar-refractivity contribution in [1.29, 1.82) is 0 Å². The minimum Gasteiger partial charge on any atom is -0.336 e. The van der Waals surface area contributed by atoms with Crippen LogP contribution in [0, 0.1) is 5.82 Å². The van der Waals surface area contributed by atoms with E-state index in [1.54, 1.807) is 12.1 Å². The van der Waals surface area contributed by atoms with Crippen LogP contribution in [0.2, 0.25) is 0 Å². The maximum Gasteiger partial charge on any atom is 0.254 e. The van der Waals surface area contributed by atoms with Gasteiger partial charge in [0.05, 0.1) is 4.47 Å². The number of benzene rings is 1. The van der Waals surface area contributed by atoms with Crippen molar-refractivity contribution in [3.63, 3.8) is 0 Å². The van der Waals surface area contributed by atoms with Crippen LogP contribution < -0.4 is 5.32 Å². The fourth-order valence-electron chi connectivity index (χ4n) is 3.64. The molecular formula is C16H20BrFN2O. The van der Waals surface area contributed by atoms with E-state index in [9.17, 15) is 9.18 Å². The summed E-state index contributed by atoms with van der Waals surface area (Å²) in [4.78, 5) is 14.6. The minimum atomic E-state index is -0.387. The minimum absolute atomic E-state index is 0.0600. The molecule has 2 aliphatic heterocycles. The number of nitrogens with zero attached hydrogens (tertiary/aromatic N) is 1. The highest BCUT2D eigenvalue weighted by molar-refractivity contribution is 9.10. The molecule has 0 saturated carbocycles. The van der Waals surface area contributed by atoms with Crippen LogP contribution in [0.3, 0.4) is 0 Å². The van der Waals surface area contributed by atoms with Crippen LogP contribution in [0.15, 0.2) is 22.7 Å². The van der Waals surface area contributed by atoms with Crippen LogP contribution in [0.1, 0.15) is 43.0 Å². The Balaban J connectivity index is 1.79. The Morgan fingerprint density at radius 3 is 2.62 bits per heavy atom. The van der Waals surface area contributed by atoms with Gasteiger partial charge in [-0.3, -0.25) is 4.79 Å². The van der Waals surface area contributed by atoms with Gasteiger partial charge in [0.25, 0.3) is 5.91 Å². The third-order valence-corrected chi connectivity index (χ3v) is 5.30. The highest BCUT2D eigenvalue weighted by Gasteiger charge is 2.37. The summed E-state index contributed by atoms with van der Waals surface area (Å²) in [6.45, 7) is 2.66. The van der Waals surface area contributed by atoms with Crippen LogP contribution in [-0.4, -0.2) is 35.5 Å². The Labute approximate surface area is 133 Å². The van der Waals surface area contributed by atoms with Crippen LogP contribution in [0.25, 0.3) is 0 Å². The van der Waals surface area contributed by atoms with Crippen molar-refractivity contribution < 1.29 is 9.18 Å². The highest BCUT2D eigenvalue weighted by Crippen LogP contribution is 2.30. The number of fused-ring (bicyclic) bond motifs is 2. The molecule has 0 radical (unpaired) electrons. The molecule has 3 rings (SSSR count). The maximum atomic E-state index is 13.7. The maximum absolute atomic E-state index is 13.7. The highest BCUT2D eigenvalue weighted by atomic mass is 79.9. The number of carbonyl (C=O) groups is 1. The van der Waals surface area contributed by atoms with Gasteiger partial charge in [0.1, 0.15) is 5.82 Å². The van der Waals surface area contributed by atoms with Crippen LogP contribution in [-0.2, 0) is 0 Å². The first kappa shape index (κ1) is 15.0. The molecule has 0 aliphatic carbocycles. The molecule has 2 saturated heterocycles. The predicted octanol–water partition coefficient (Wildman–Crippen LogP) is 3.33. The van der Waals surface area contributed by atoms with E-state index in [1.807, 2.05) is 11.8 Å². The summed E-state index contributed by atoms with van der Waals surface area (Å²) in [7, 11) is 0. The second-order valence-corrected chi connectivity index (χ2v) is 6.84. The summed E-state index contributed by atoms with van der Waals surface area (Å²) >= 11 is 3.13. The normalized spacial score (nSPS) is 27.7. The van der Waals surface area contributed by atoms with Gasteiger partial charge in [0.2, 0.25) is 0 Å². The lowest BCUT2D eigenvalue weighted by atomic mass is 9.97. The van der Waals surface area contributed by atoms with Crippen LogP contribution in [0.5, 0.6) is 0 Å². The molecule has 1 N–H and O–H groups in total. The molecule has 2 unspecified atom stereocenters. The second kappa shape index (κ2) is 6.05. The Morgan fingerprint density at radius 2 is 2.05 bits per heavy atom. The Bertz CT molecular complexity index is 539. The van der Waals surface area contributed by atoms with Crippen LogP contribution >= 0.6 is 15.9 Å². The number of halogens is 2. The molecule has 114 valence electrons. The molecule has 3 nitrogen and oxygen atoms in total. The van der Waals surface area contributed by atoms with Gasteiger partial charge >= 0.3 is 0 Å². The van der Waals surface area contributed by atoms with Gasteiger partial charge in [-0.1, -0.05) is 0 Å². The first-order valence-corrected chi connectivity index (χ1v) is 8.40. The second-order valence-electron chi connectivity index (χ2n) is 5.98. The summed E-state index contributed by atoms with van der Waals surface area (Å²) in [5, 5.41) is 3.59. The third-order valence-electron chi connectivity index (χ3n) is 4.66. The number of carbonyl (C=O) groups excluding carboxylic acids is 1. The van der Waals surface area contributed by atoms with Gasteiger partial charge < -0.3 is 10.2 Å². The Morgan fingerprint density at radius 1 is 1.38 bits per heavy atom. The number of amides is 1. The number of nitrogens with one attached hydrogen (secondary N) is 1. The first-order valence-electron chi connectivity index (χ1n) is 7.60. The van der Waals surface area contributed by atoms with E-state index in [4.69, 9.17) is 0 Å². The van der Waals surface area contributed by atoms with Gasteiger partial charge in [0, 0.05) is 30.2 Å². The Kier molecular flexibility index (Phi) is 4.31. The van der Waals surface area contributed by atoms with E-state index >= 15 is 0 Å². The molecule has 1 aromatic carbocycles. The van der Waals surface area contributed by atoms with Crippen LogP contribution in [0.4, 0.5) is 4.39 Å². The molecule has 21 heavy (non-hydrogen) atoms. The van der Waals surface area contributed by atoms with E-state index < -0.39 is 0 Å². The van der Waals surface area contributed by atoms with E-state index in [2.05, 4.69) is 21.2 Å². The SMILES string of the molecule is CCN(C(=O)c1ccc(Br)c(F)c1)C1CC2CCC(C1)N2. The average Bonchev–Trinajstić information content (AvgIpc) is 2.81. The molecule has 1 amide bonds. The van der Waals surface area contributed by atoms with Crippen molar-refractivity contribution in [2.45, 2.75) is 50.7 Å². The van der Waals surface area contributed by atoms with Crippen molar-refractivity contribution >= 4 is 21.8 Å². The van der Waals surface area contributed by atoms with E-state index in [-0.39, 0.29) is 17.8 Å². The molecule has 2 heterocycles. The zero-order chi connectivity index (χ0) is 15.0. The lowest BCUT2D eigenvalue weighted by molar-refractivity contribution is 0.0630. The summed E-state index contributed by atoms with van der Waals surface area (Å²) in [5.74, 6) is -0.447. The number of rotatable bonds is 3. The number of hydrogen-bond acceptors (Lipinski definition) is 2. The summed E-state index contributed by atoms with van der Waals surface area (Å²) < 4.78 is 14.0. The van der Waals surface area contributed by atoms with Gasteiger partial charge in [-0.15, -0.1) is 0 Å². The van der Waals surface area contributed by atoms with E-state index in [0.29, 0.717) is 28.7 Å². The fourth-order valence-corrected chi connectivity index (χ4v) is 3.89. The van der Waals surface area contributed by atoms with Gasteiger partial charge in [-0.2, -0.15) is 0 Å². The third kappa shape index (κ3) is 2.99. The predicted molar refractivity (Wildman–Crippen MR) is 83.8 cm³/mol. The van der Waals surface area contributed by atoms with E-state index in [1.165, 1.54) is 18.9 Å². The van der Waals surface area contributed by atoms with Crippen molar-refractivity contribution in [3.05, 3.63) is 34.1 Å².